The lowest BCUT2D eigenvalue weighted by molar-refractivity contribution is 0.0992. The molecule has 0 saturated heterocycles. The molecule has 0 aliphatic rings. The van der Waals surface area contributed by atoms with Crippen LogP contribution in [0.15, 0.2) is 53.0 Å². The van der Waals surface area contributed by atoms with Gasteiger partial charge < -0.3 is 4.90 Å². The SMILES string of the molecule is CN(C(=O)c1ccc(F)cc1Br)c1ccccc1. The highest BCUT2D eigenvalue weighted by Gasteiger charge is 2.16. The lowest BCUT2D eigenvalue weighted by atomic mass is 10.2. The standard InChI is InChI=1S/C14H11BrFNO/c1-17(11-5-3-2-4-6-11)14(18)12-8-7-10(16)9-13(12)15/h2-9H,1H3. The molecule has 0 unspecified atom stereocenters. The Morgan fingerprint density at radius 2 is 1.83 bits per heavy atom. The van der Waals surface area contributed by atoms with Crippen LogP contribution in [0, 0.1) is 5.82 Å². The lowest BCUT2D eigenvalue weighted by Gasteiger charge is -2.18. The smallest absolute Gasteiger partial charge is 0.259 e. The van der Waals surface area contributed by atoms with E-state index in [0.717, 1.165) is 5.69 Å². The van der Waals surface area contributed by atoms with Crippen molar-refractivity contribution in [2.75, 3.05) is 11.9 Å². The van der Waals surface area contributed by atoms with Crippen LogP contribution in [0.25, 0.3) is 0 Å². The summed E-state index contributed by atoms with van der Waals surface area (Å²) in [6.45, 7) is 0. The van der Waals surface area contributed by atoms with Crippen LogP contribution in [0.5, 0.6) is 0 Å². The Balaban J connectivity index is 2.32. The van der Waals surface area contributed by atoms with Gasteiger partial charge in [-0.05, 0) is 46.3 Å². The van der Waals surface area contributed by atoms with Crippen molar-refractivity contribution in [3.63, 3.8) is 0 Å². The van der Waals surface area contributed by atoms with Crippen molar-refractivity contribution < 1.29 is 9.18 Å². The molecule has 92 valence electrons. The fraction of sp³-hybridized carbons (Fsp3) is 0.0714. The number of para-hydroxylation sites is 1. The van der Waals surface area contributed by atoms with Crippen LogP contribution >= 0.6 is 15.9 Å². The summed E-state index contributed by atoms with van der Waals surface area (Å²) in [6, 6.07) is 13.3. The summed E-state index contributed by atoms with van der Waals surface area (Å²) >= 11 is 3.20. The van der Waals surface area contributed by atoms with Gasteiger partial charge >= 0.3 is 0 Å². The first-order chi connectivity index (χ1) is 8.59. The van der Waals surface area contributed by atoms with Crippen molar-refractivity contribution in [2.24, 2.45) is 0 Å². The molecule has 2 nitrogen and oxygen atoms in total. The van der Waals surface area contributed by atoms with Gasteiger partial charge in [0.25, 0.3) is 5.91 Å². The van der Waals surface area contributed by atoms with E-state index >= 15 is 0 Å². The Labute approximate surface area is 113 Å². The van der Waals surface area contributed by atoms with Crippen LogP contribution in [-0.4, -0.2) is 13.0 Å². The summed E-state index contributed by atoms with van der Waals surface area (Å²) in [7, 11) is 1.69. The van der Waals surface area contributed by atoms with E-state index in [1.807, 2.05) is 30.3 Å². The minimum absolute atomic E-state index is 0.187. The van der Waals surface area contributed by atoms with E-state index < -0.39 is 0 Å². The second-order valence-corrected chi connectivity index (χ2v) is 4.68. The van der Waals surface area contributed by atoms with Crippen molar-refractivity contribution in [2.45, 2.75) is 0 Å². The van der Waals surface area contributed by atoms with E-state index in [-0.39, 0.29) is 11.7 Å². The Hall–Kier alpha value is -1.68. The van der Waals surface area contributed by atoms with Gasteiger partial charge in [-0.3, -0.25) is 4.79 Å². The van der Waals surface area contributed by atoms with E-state index in [1.54, 1.807) is 7.05 Å². The highest BCUT2D eigenvalue weighted by Crippen LogP contribution is 2.22. The summed E-state index contributed by atoms with van der Waals surface area (Å²) in [6.07, 6.45) is 0. The molecule has 0 N–H and O–H groups in total. The summed E-state index contributed by atoms with van der Waals surface area (Å²) in [5.74, 6) is -0.561. The molecule has 2 aromatic rings. The number of carbonyl (C=O) groups is 1. The fourth-order valence-corrected chi connectivity index (χ4v) is 2.13. The van der Waals surface area contributed by atoms with Crippen molar-refractivity contribution in [1.82, 2.24) is 0 Å². The fourth-order valence-electron chi connectivity index (χ4n) is 1.61. The summed E-state index contributed by atoms with van der Waals surface area (Å²) in [4.78, 5) is 13.8. The number of rotatable bonds is 2. The van der Waals surface area contributed by atoms with Crippen molar-refractivity contribution in [1.29, 1.82) is 0 Å². The van der Waals surface area contributed by atoms with Gasteiger partial charge in [0.05, 0.1) is 5.56 Å². The number of carbonyl (C=O) groups excluding carboxylic acids is 1. The quantitative estimate of drug-likeness (QED) is 0.825. The van der Waals surface area contributed by atoms with Gasteiger partial charge in [0.15, 0.2) is 0 Å². The normalized spacial score (nSPS) is 10.2. The number of halogens is 2. The first-order valence-electron chi connectivity index (χ1n) is 5.38. The summed E-state index contributed by atoms with van der Waals surface area (Å²) in [5, 5.41) is 0. The summed E-state index contributed by atoms with van der Waals surface area (Å²) < 4.78 is 13.4. The molecule has 0 bridgehead atoms. The molecule has 0 spiro atoms. The molecule has 0 radical (unpaired) electrons. The van der Waals surface area contributed by atoms with Gasteiger partial charge in [0.1, 0.15) is 5.82 Å². The highest BCUT2D eigenvalue weighted by atomic mass is 79.9. The molecule has 0 aliphatic carbocycles. The first-order valence-corrected chi connectivity index (χ1v) is 6.17. The Bertz CT molecular complexity index is 571. The molecule has 0 aliphatic heterocycles. The van der Waals surface area contributed by atoms with Crippen LogP contribution in [0.3, 0.4) is 0 Å². The maximum atomic E-state index is 13.0. The van der Waals surface area contributed by atoms with Gasteiger partial charge in [-0.15, -0.1) is 0 Å². The van der Waals surface area contributed by atoms with Crippen molar-refractivity contribution in [3.8, 4) is 0 Å². The van der Waals surface area contributed by atoms with E-state index in [9.17, 15) is 9.18 Å². The Kier molecular flexibility index (Phi) is 3.77. The molecular weight excluding hydrogens is 297 g/mol. The third-order valence-corrected chi connectivity index (χ3v) is 3.27. The average molecular weight is 308 g/mol. The van der Waals surface area contributed by atoms with Gasteiger partial charge in [-0.2, -0.15) is 0 Å². The van der Waals surface area contributed by atoms with Crippen LogP contribution in [0.1, 0.15) is 10.4 Å². The zero-order chi connectivity index (χ0) is 13.1. The minimum atomic E-state index is -0.374. The molecule has 0 atom stereocenters. The first kappa shape index (κ1) is 12.8. The van der Waals surface area contributed by atoms with E-state index in [0.29, 0.717) is 10.0 Å². The zero-order valence-electron chi connectivity index (χ0n) is 9.73. The van der Waals surface area contributed by atoms with Gasteiger partial charge in [-0.25, -0.2) is 4.39 Å². The molecule has 18 heavy (non-hydrogen) atoms. The Morgan fingerprint density at radius 3 is 2.44 bits per heavy atom. The number of benzene rings is 2. The predicted molar refractivity (Wildman–Crippen MR) is 73.3 cm³/mol. The monoisotopic (exact) mass is 307 g/mol. The van der Waals surface area contributed by atoms with Crippen molar-refractivity contribution >= 4 is 27.5 Å². The third-order valence-electron chi connectivity index (χ3n) is 2.61. The van der Waals surface area contributed by atoms with Crippen LogP contribution < -0.4 is 4.90 Å². The molecule has 2 aromatic carbocycles. The Morgan fingerprint density at radius 1 is 1.17 bits per heavy atom. The number of anilines is 1. The molecule has 4 heteroatoms. The summed E-state index contributed by atoms with van der Waals surface area (Å²) in [5.41, 5.74) is 1.22. The topological polar surface area (TPSA) is 20.3 Å². The van der Waals surface area contributed by atoms with E-state index in [1.165, 1.54) is 23.1 Å². The molecule has 0 saturated carbocycles. The number of amides is 1. The van der Waals surface area contributed by atoms with Crippen molar-refractivity contribution in [3.05, 3.63) is 64.4 Å². The molecule has 0 fully saturated rings. The predicted octanol–water partition coefficient (Wildman–Crippen LogP) is 3.86. The average Bonchev–Trinajstić information content (AvgIpc) is 2.38. The van der Waals surface area contributed by atoms with Gasteiger partial charge in [-0.1, -0.05) is 18.2 Å². The molecular formula is C14H11BrFNO. The maximum absolute atomic E-state index is 13.0. The molecule has 1 amide bonds. The van der Waals surface area contributed by atoms with Gasteiger partial charge in [0.2, 0.25) is 0 Å². The maximum Gasteiger partial charge on any atom is 0.259 e. The number of hydrogen-bond acceptors (Lipinski definition) is 1. The second kappa shape index (κ2) is 5.31. The largest absolute Gasteiger partial charge is 0.311 e. The molecule has 0 heterocycles. The third kappa shape index (κ3) is 2.59. The second-order valence-electron chi connectivity index (χ2n) is 3.82. The highest BCUT2D eigenvalue weighted by molar-refractivity contribution is 9.10. The van der Waals surface area contributed by atoms with E-state index in [4.69, 9.17) is 0 Å². The number of hydrogen-bond donors (Lipinski definition) is 0. The van der Waals surface area contributed by atoms with E-state index in [2.05, 4.69) is 15.9 Å². The zero-order valence-corrected chi connectivity index (χ0v) is 11.3. The van der Waals surface area contributed by atoms with Crippen LogP contribution in [-0.2, 0) is 0 Å². The van der Waals surface area contributed by atoms with Crippen LogP contribution in [0.4, 0.5) is 10.1 Å². The minimum Gasteiger partial charge on any atom is -0.311 e. The molecule has 2 rings (SSSR count). The van der Waals surface area contributed by atoms with Gasteiger partial charge in [0, 0.05) is 17.2 Å². The number of nitrogens with zero attached hydrogens (tertiary/aromatic N) is 1. The molecule has 0 aromatic heterocycles. The van der Waals surface area contributed by atoms with Crippen LogP contribution in [0.2, 0.25) is 0 Å². The lowest BCUT2D eigenvalue weighted by Crippen LogP contribution is -2.26.